The van der Waals surface area contributed by atoms with Crippen LogP contribution in [0.4, 0.5) is 0 Å². The number of primary amides is 1. The quantitative estimate of drug-likeness (QED) is 0.921. The molecule has 1 saturated carbocycles. The molecule has 2 unspecified atom stereocenters. The largest absolute Gasteiger partial charge is 0.366 e. The van der Waals surface area contributed by atoms with Gasteiger partial charge in [0.25, 0.3) is 10.0 Å². The predicted octanol–water partition coefficient (Wildman–Crippen LogP) is 1.66. The smallest absolute Gasteiger partial charge is 0.252 e. The summed E-state index contributed by atoms with van der Waals surface area (Å²) < 4.78 is 27.1. The van der Waals surface area contributed by atoms with E-state index in [9.17, 15) is 13.2 Å². The number of piperidine rings is 1. The van der Waals surface area contributed by atoms with E-state index in [2.05, 4.69) is 0 Å². The zero-order valence-electron chi connectivity index (χ0n) is 11.1. The Hall–Kier alpha value is -0.920. The molecule has 1 aromatic rings. The van der Waals surface area contributed by atoms with Gasteiger partial charge in [-0.25, -0.2) is 8.42 Å². The molecule has 2 fully saturated rings. The van der Waals surface area contributed by atoms with E-state index in [1.807, 2.05) is 0 Å². The summed E-state index contributed by atoms with van der Waals surface area (Å²) in [7, 11) is -3.47. The van der Waals surface area contributed by atoms with Crippen molar-refractivity contribution in [3.8, 4) is 0 Å². The van der Waals surface area contributed by atoms with Gasteiger partial charge < -0.3 is 5.73 Å². The second kappa shape index (κ2) is 5.13. The van der Waals surface area contributed by atoms with Gasteiger partial charge in [0.1, 0.15) is 4.21 Å². The molecule has 0 spiro atoms. The van der Waals surface area contributed by atoms with E-state index in [-0.39, 0.29) is 9.77 Å². The standard InChI is InChI=1S/C13H18N2O3S2/c14-13(16)11-5-12(19-8-11)20(17,18)15-6-9-2-1-3-10(4-9)7-15/h5,8-10H,1-4,6-7H2,(H2,14,16). The summed E-state index contributed by atoms with van der Waals surface area (Å²) >= 11 is 1.08. The lowest BCUT2D eigenvalue weighted by atomic mass is 9.79. The highest BCUT2D eigenvalue weighted by Gasteiger charge is 2.37. The van der Waals surface area contributed by atoms with Crippen LogP contribution < -0.4 is 5.73 Å². The molecule has 5 nitrogen and oxygen atoms in total. The summed E-state index contributed by atoms with van der Waals surface area (Å²) in [5, 5.41) is 1.51. The van der Waals surface area contributed by atoms with Crippen LogP contribution in [0.2, 0.25) is 0 Å². The van der Waals surface area contributed by atoms with Gasteiger partial charge in [0.05, 0.1) is 5.56 Å². The van der Waals surface area contributed by atoms with Gasteiger partial charge in [0.2, 0.25) is 5.91 Å². The third-order valence-corrected chi connectivity index (χ3v) is 7.52. The van der Waals surface area contributed by atoms with Crippen molar-refractivity contribution in [1.29, 1.82) is 0 Å². The number of thiophene rings is 1. The highest BCUT2D eigenvalue weighted by molar-refractivity contribution is 7.91. The molecule has 1 aliphatic carbocycles. The van der Waals surface area contributed by atoms with Gasteiger partial charge in [-0.05, 0) is 37.2 Å². The highest BCUT2D eigenvalue weighted by Crippen LogP contribution is 2.37. The number of amides is 1. The zero-order chi connectivity index (χ0) is 14.3. The van der Waals surface area contributed by atoms with Crippen molar-refractivity contribution in [2.75, 3.05) is 13.1 Å². The van der Waals surface area contributed by atoms with E-state index in [0.717, 1.165) is 30.6 Å². The van der Waals surface area contributed by atoms with Crippen molar-refractivity contribution in [3.63, 3.8) is 0 Å². The molecule has 1 amide bonds. The number of carbonyl (C=O) groups excluding carboxylic acids is 1. The fourth-order valence-corrected chi connectivity index (χ4v) is 6.20. The molecule has 7 heteroatoms. The Morgan fingerprint density at radius 2 is 1.95 bits per heavy atom. The van der Waals surface area contributed by atoms with Crippen LogP contribution in [0, 0.1) is 11.8 Å². The van der Waals surface area contributed by atoms with Crippen molar-refractivity contribution in [2.45, 2.75) is 29.9 Å². The Morgan fingerprint density at radius 1 is 1.30 bits per heavy atom. The lowest BCUT2D eigenvalue weighted by Crippen LogP contribution is -2.45. The third-order valence-electron chi connectivity index (χ3n) is 4.27. The minimum absolute atomic E-state index is 0.228. The maximum absolute atomic E-state index is 12.6. The first kappa shape index (κ1) is 14.0. The molecule has 1 aliphatic heterocycles. The summed E-state index contributed by atoms with van der Waals surface area (Å²) in [6.07, 6.45) is 4.62. The Labute approximate surface area is 122 Å². The van der Waals surface area contributed by atoms with Crippen LogP contribution >= 0.6 is 11.3 Å². The Bertz CT molecular complexity index is 611. The van der Waals surface area contributed by atoms with Crippen molar-refractivity contribution in [2.24, 2.45) is 17.6 Å². The summed E-state index contributed by atoms with van der Waals surface area (Å²) in [4.78, 5) is 11.1. The first-order valence-corrected chi connectivity index (χ1v) is 9.17. The van der Waals surface area contributed by atoms with E-state index in [1.54, 1.807) is 4.31 Å². The van der Waals surface area contributed by atoms with E-state index in [4.69, 9.17) is 5.73 Å². The molecule has 3 rings (SSSR count). The monoisotopic (exact) mass is 314 g/mol. The number of nitrogens with zero attached hydrogens (tertiary/aromatic N) is 1. The van der Waals surface area contributed by atoms with Crippen LogP contribution in [-0.2, 0) is 10.0 Å². The minimum Gasteiger partial charge on any atom is -0.366 e. The summed E-state index contributed by atoms with van der Waals surface area (Å²) in [6, 6.07) is 1.40. The molecule has 2 atom stereocenters. The number of hydrogen-bond donors (Lipinski definition) is 1. The Kier molecular flexibility index (Phi) is 3.60. The normalized spacial score (nSPS) is 27.4. The maximum atomic E-state index is 12.6. The van der Waals surface area contributed by atoms with Crippen molar-refractivity contribution in [3.05, 3.63) is 17.0 Å². The molecule has 2 N–H and O–H groups in total. The molecule has 2 aliphatic rings. The van der Waals surface area contributed by atoms with Crippen LogP contribution in [0.3, 0.4) is 0 Å². The second-order valence-electron chi connectivity index (χ2n) is 5.74. The number of hydrogen-bond acceptors (Lipinski definition) is 4. The number of nitrogens with two attached hydrogens (primary N) is 1. The molecule has 1 aromatic heterocycles. The van der Waals surface area contributed by atoms with E-state index >= 15 is 0 Å². The molecule has 1 saturated heterocycles. The first-order valence-electron chi connectivity index (χ1n) is 6.85. The highest BCUT2D eigenvalue weighted by atomic mass is 32.2. The molecule has 110 valence electrons. The van der Waals surface area contributed by atoms with Crippen molar-refractivity contribution < 1.29 is 13.2 Å². The van der Waals surface area contributed by atoms with Gasteiger partial charge in [-0.3, -0.25) is 4.79 Å². The van der Waals surface area contributed by atoms with Crippen LogP contribution in [0.15, 0.2) is 15.7 Å². The number of rotatable bonds is 3. The fraction of sp³-hybridized carbons (Fsp3) is 0.615. The van der Waals surface area contributed by atoms with Crippen LogP contribution in [0.1, 0.15) is 36.0 Å². The fourth-order valence-electron chi connectivity index (χ4n) is 3.29. The Morgan fingerprint density at radius 3 is 2.50 bits per heavy atom. The van der Waals surface area contributed by atoms with E-state index in [0.29, 0.717) is 24.9 Å². The Balaban J connectivity index is 1.85. The molecule has 0 radical (unpaired) electrons. The zero-order valence-corrected chi connectivity index (χ0v) is 12.8. The van der Waals surface area contributed by atoms with Crippen molar-refractivity contribution in [1.82, 2.24) is 4.31 Å². The summed E-state index contributed by atoms with van der Waals surface area (Å²) in [6.45, 7) is 1.23. The molecular weight excluding hydrogens is 296 g/mol. The molecule has 2 bridgehead atoms. The number of fused-ring (bicyclic) bond motifs is 2. The summed E-state index contributed by atoms with van der Waals surface area (Å²) in [5.41, 5.74) is 5.45. The lowest BCUT2D eigenvalue weighted by Gasteiger charge is -2.40. The molecular formula is C13H18N2O3S2. The SMILES string of the molecule is NC(=O)c1csc(S(=O)(=O)N2CC3CCCC(C3)C2)c1. The van der Waals surface area contributed by atoms with Crippen molar-refractivity contribution >= 4 is 27.3 Å². The predicted molar refractivity (Wildman–Crippen MR) is 77.0 cm³/mol. The lowest BCUT2D eigenvalue weighted by molar-refractivity contribution is 0.100. The maximum Gasteiger partial charge on any atom is 0.252 e. The van der Waals surface area contributed by atoms with Gasteiger partial charge in [0, 0.05) is 18.5 Å². The molecule has 2 heterocycles. The van der Waals surface area contributed by atoms with Crippen LogP contribution in [-0.4, -0.2) is 31.7 Å². The topological polar surface area (TPSA) is 80.5 Å². The van der Waals surface area contributed by atoms with Crippen LogP contribution in [0.25, 0.3) is 0 Å². The minimum atomic E-state index is -3.47. The third kappa shape index (κ3) is 2.49. The average molecular weight is 314 g/mol. The van der Waals surface area contributed by atoms with Gasteiger partial charge >= 0.3 is 0 Å². The second-order valence-corrected chi connectivity index (χ2v) is 8.82. The van der Waals surface area contributed by atoms with E-state index < -0.39 is 15.9 Å². The van der Waals surface area contributed by atoms with Gasteiger partial charge in [0.15, 0.2) is 0 Å². The van der Waals surface area contributed by atoms with Crippen LogP contribution in [0.5, 0.6) is 0 Å². The van der Waals surface area contributed by atoms with E-state index in [1.165, 1.54) is 17.9 Å². The van der Waals surface area contributed by atoms with Gasteiger partial charge in [-0.15, -0.1) is 11.3 Å². The first-order chi connectivity index (χ1) is 9.46. The van der Waals surface area contributed by atoms with Gasteiger partial charge in [-0.1, -0.05) is 6.42 Å². The number of sulfonamides is 1. The summed E-state index contributed by atoms with van der Waals surface area (Å²) in [5.74, 6) is 0.402. The molecule has 0 aromatic carbocycles. The molecule has 20 heavy (non-hydrogen) atoms. The number of carbonyl (C=O) groups is 1. The average Bonchev–Trinajstić information content (AvgIpc) is 2.88. The van der Waals surface area contributed by atoms with Gasteiger partial charge in [-0.2, -0.15) is 4.31 Å².